The predicted molar refractivity (Wildman–Crippen MR) is 92.6 cm³/mol. The van der Waals surface area contributed by atoms with Gasteiger partial charge in [-0.3, -0.25) is 0 Å². The zero-order valence-electron chi connectivity index (χ0n) is 14.1. The van der Waals surface area contributed by atoms with Crippen LogP contribution in [0.4, 0.5) is 0 Å². The first-order valence-electron chi connectivity index (χ1n) is 8.86. The van der Waals surface area contributed by atoms with Gasteiger partial charge in [-0.25, -0.2) is 0 Å². The van der Waals surface area contributed by atoms with E-state index in [1.54, 1.807) is 0 Å². The third kappa shape index (κ3) is 3.51. The van der Waals surface area contributed by atoms with Crippen LogP contribution in [0.15, 0.2) is 0 Å². The molecule has 2 saturated heterocycles. The van der Waals surface area contributed by atoms with E-state index in [1.165, 1.54) is 32.1 Å². The molecule has 0 bridgehead atoms. The molecule has 0 aromatic rings. The van der Waals surface area contributed by atoms with Crippen molar-refractivity contribution in [2.45, 2.75) is 81.5 Å². The van der Waals surface area contributed by atoms with Gasteiger partial charge in [0.15, 0.2) is 0 Å². The zero-order valence-corrected chi connectivity index (χ0v) is 16.6. The molecule has 2 aliphatic rings. The lowest BCUT2D eigenvalue weighted by atomic mass is 9.96. The molecule has 0 aromatic heterocycles. The average molecular weight is 329 g/mol. The van der Waals surface area contributed by atoms with Gasteiger partial charge < -0.3 is 14.3 Å². The van der Waals surface area contributed by atoms with Crippen molar-refractivity contribution in [1.29, 1.82) is 0 Å². The van der Waals surface area contributed by atoms with Crippen molar-refractivity contribution in [2.75, 3.05) is 13.2 Å². The molecule has 3 nitrogen and oxygen atoms in total. The highest BCUT2D eigenvalue weighted by molar-refractivity contribution is 6.62. The molecule has 2 rings (SSSR count). The lowest BCUT2D eigenvalue weighted by molar-refractivity contribution is -0.163. The molecule has 2 unspecified atom stereocenters. The Labute approximate surface area is 133 Å². The van der Waals surface area contributed by atoms with Crippen LogP contribution in [0.25, 0.3) is 0 Å². The minimum absolute atomic E-state index is 0.00587. The van der Waals surface area contributed by atoms with Gasteiger partial charge in [-0.2, -0.15) is 0 Å². The van der Waals surface area contributed by atoms with E-state index in [4.69, 9.17) is 9.47 Å². The Hall–Kier alpha value is 0.0238. The Kier molecular flexibility index (Phi) is 6.23. The molecular weight excluding hydrogens is 296 g/mol. The molecule has 0 aromatic carbocycles. The minimum atomic E-state index is -1.02. The van der Waals surface area contributed by atoms with Gasteiger partial charge in [0.1, 0.15) is 5.78 Å². The fourth-order valence-corrected chi connectivity index (χ4v) is 11.0. The highest BCUT2D eigenvalue weighted by atomic mass is 28.3. The quantitative estimate of drug-likeness (QED) is 0.703. The molecule has 0 amide bonds. The second-order valence-corrected chi connectivity index (χ2v) is 12.4. The Bertz CT molecular complexity index is 345. The average Bonchev–Trinajstić information content (AvgIpc) is 2.54. The van der Waals surface area contributed by atoms with E-state index in [0.717, 1.165) is 25.7 Å². The van der Waals surface area contributed by atoms with E-state index in [1.807, 2.05) is 6.92 Å². The number of Topliss-reactive ketones (excluding diaryl/α,β-unsaturated/α-hetero) is 1. The first-order valence-corrected chi connectivity index (χ1v) is 13.5. The highest BCUT2D eigenvalue weighted by Crippen LogP contribution is 2.44. The van der Waals surface area contributed by atoms with E-state index >= 15 is 0 Å². The number of rotatable bonds is 6. The van der Waals surface area contributed by atoms with Crippen LogP contribution in [-0.4, -0.2) is 47.8 Å². The van der Waals surface area contributed by atoms with Gasteiger partial charge in [-0.05, 0) is 44.6 Å². The van der Waals surface area contributed by atoms with Crippen molar-refractivity contribution in [1.82, 2.24) is 0 Å². The van der Waals surface area contributed by atoms with E-state index in [0.29, 0.717) is 12.2 Å². The van der Waals surface area contributed by atoms with Crippen molar-refractivity contribution < 1.29 is 14.3 Å². The standard InChI is InChI=1S/C16H32O3Si2/c1-4-14(17)13-20-15(9-5-7-11-18-15)16(21(2)3)10-6-8-12-19-16/h21H,4-13,20H2,1-3H3. The summed E-state index contributed by atoms with van der Waals surface area (Å²) in [7, 11) is -1.63. The molecule has 2 aliphatic heterocycles. The molecule has 21 heavy (non-hydrogen) atoms. The summed E-state index contributed by atoms with van der Waals surface area (Å²) in [5.41, 5.74) is 0. The summed E-state index contributed by atoms with van der Waals surface area (Å²) in [5.74, 6) is 0.423. The summed E-state index contributed by atoms with van der Waals surface area (Å²) >= 11 is 0. The van der Waals surface area contributed by atoms with Gasteiger partial charge in [0.2, 0.25) is 0 Å². The van der Waals surface area contributed by atoms with Crippen molar-refractivity contribution in [3.63, 3.8) is 0 Å². The number of hydrogen-bond donors (Lipinski definition) is 0. The highest BCUT2D eigenvalue weighted by Gasteiger charge is 2.56. The van der Waals surface area contributed by atoms with Crippen molar-refractivity contribution in [3.05, 3.63) is 0 Å². The summed E-state index contributed by atoms with van der Waals surface area (Å²) < 4.78 is 13.0. The first kappa shape index (κ1) is 17.4. The Morgan fingerprint density at radius 3 is 2.24 bits per heavy atom. The van der Waals surface area contributed by atoms with Crippen LogP contribution in [0, 0.1) is 0 Å². The minimum Gasteiger partial charge on any atom is -0.377 e. The molecule has 0 spiro atoms. The molecule has 0 N–H and O–H groups in total. The summed E-state index contributed by atoms with van der Waals surface area (Å²) in [6.45, 7) is 8.59. The van der Waals surface area contributed by atoms with E-state index < -0.39 is 18.3 Å². The Balaban J connectivity index is 2.25. The van der Waals surface area contributed by atoms with Crippen molar-refractivity contribution >= 4 is 24.1 Å². The molecule has 2 atom stereocenters. The smallest absolute Gasteiger partial charge is 0.129 e. The summed E-state index contributed by atoms with van der Waals surface area (Å²) in [4.78, 5) is 11.9. The molecule has 122 valence electrons. The second-order valence-electron chi connectivity index (χ2n) is 7.04. The molecule has 0 radical (unpaired) electrons. The van der Waals surface area contributed by atoms with E-state index in [-0.39, 0.29) is 10.4 Å². The lowest BCUT2D eigenvalue weighted by Crippen LogP contribution is -2.69. The molecular formula is C16H32O3Si2. The van der Waals surface area contributed by atoms with Gasteiger partial charge in [0.25, 0.3) is 0 Å². The van der Waals surface area contributed by atoms with Crippen LogP contribution < -0.4 is 0 Å². The Morgan fingerprint density at radius 1 is 1.10 bits per heavy atom. The van der Waals surface area contributed by atoms with Gasteiger partial charge in [0, 0.05) is 19.6 Å². The molecule has 2 heterocycles. The van der Waals surface area contributed by atoms with Crippen LogP contribution in [-0.2, 0) is 14.3 Å². The summed E-state index contributed by atoms with van der Waals surface area (Å²) in [6.07, 6.45) is 7.87. The van der Waals surface area contributed by atoms with Crippen LogP contribution in [0.5, 0.6) is 0 Å². The lowest BCUT2D eigenvalue weighted by Gasteiger charge is -2.56. The monoisotopic (exact) mass is 328 g/mol. The van der Waals surface area contributed by atoms with Gasteiger partial charge in [-0.1, -0.05) is 20.0 Å². The topological polar surface area (TPSA) is 35.5 Å². The summed E-state index contributed by atoms with van der Waals surface area (Å²) in [6, 6.07) is 0.794. The molecule has 0 saturated carbocycles. The van der Waals surface area contributed by atoms with Crippen LogP contribution in [0.3, 0.4) is 0 Å². The van der Waals surface area contributed by atoms with Gasteiger partial charge in [-0.15, -0.1) is 0 Å². The third-order valence-corrected chi connectivity index (χ3v) is 11.6. The molecule has 2 fully saturated rings. The van der Waals surface area contributed by atoms with Crippen LogP contribution in [0.2, 0.25) is 19.1 Å². The SMILES string of the molecule is CCC(=O)C[SiH2]C1(C2([SiH](C)C)CCCCO2)CCCCO1. The fourth-order valence-electron chi connectivity index (χ4n) is 4.27. The Morgan fingerprint density at radius 2 is 1.76 bits per heavy atom. The largest absolute Gasteiger partial charge is 0.377 e. The van der Waals surface area contributed by atoms with Crippen molar-refractivity contribution in [3.8, 4) is 0 Å². The van der Waals surface area contributed by atoms with E-state index in [2.05, 4.69) is 13.1 Å². The number of carbonyl (C=O) groups excluding carboxylic acids is 1. The summed E-state index contributed by atoms with van der Waals surface area (Å²) in [5, 5.41) is -0.0389. The number of carbonyl (C=O) groups is 1. The maximum Gasteiger partial charge on any atom is 0.129 e. The molecule has 0 aliphatic carbocycles. The fraction of sp³-hybridized carbons (Fsp3) is 0.938. The predicted octanol–water partition coefficient (Wildman–Crippen LogP) is 2.41. The zero-order chi connectivity index (χ0) is 15.3. The second kappa shape index (κ2) is 7.53. The van der Waals surface area contributed by atoms with Crippen molar-refractivity contribution in [2.24, 2.45) is 0 Å². The van der Waals surface area contributed by atoms with Crippen LogP contribution in [0.1, 0.15) is 51.9 Å². The number of ketones is 1. The van der Waals surface area contributed by atoms with Crippen LogP contribution >= 0.6 is 0 Å². The maximum absolute atomic E-state index is 11.9. The maximum atomic E-state index is 11.9. The first-order chi connectivity index (χ1) is 10.1. The number of ether oxygens (including phenoxy) is 2. The van der Waals surface area contributed by atoms with Gasteiger partial charge >= 0.3 is 0 Å². The van der Waals surface area contributed by atoms with Gasteiger partial charge in [0.05, 0.1) is 28.8 Å². The van der Waals surface area contributed by atoms with E-state index in [9.17, 15) is 4.79 Å². The molecule has 5 heteroatoms. The third-order valence-electron chi connectivity index (χ3n) is 5.56. The normalized spacial score (nSPS) is 34.7. The number of hydrogen-bond acceptors (Lipinski definition) is 3.